The lowest BCUT2D eigenvalue weighted by Gasteiger charge is -2.08. The number of rotatable bonds is 4. The zero-order valence-corrected chi connectivity index (χ0v) is 14.0. The Morgan fingerprint density at radius 1 is 1.30 bits per heavy atom. The molecule has 2 aromatic rings. The van der Waals surface area contributed by atoms with Crippen molar-refractivity contribution in [1.29, 1.82) is 0 Å². The first-order valence-electron chi connectivity index (χ1n) is 5.68. The number of hydrogen-bond donors (Lipinski definition) is 1. The zero-order chi connectivity index (χ0) is 14.7. The van der Waals surface area contributed by atoms with E-state index in [0.717, 1.165) is 10.0 Å². The molecule has 0 fully saturated rings. The van der Waals surface area contributed by atoms with Gasteiger partial charge in [-0.05, 0) is 50.1 Å². The van der Waals surface area contributed by atoms with E-state index >= 15 is 0 Å². The highest BCUT2D eigenvalue weighted by atomic mass is 79.9. The molecule has 0 amide bonds. The first-order valence-corrected chi connectivity index (χ1v) is 7.27. The highest BCUT2D eigenvalue weighted by Gasteiger charge is 2.11. The van der Waals surface area contributed by atoms with Crippen LogP contribution in [0.1, 0.15) is 5.69 Å². The Labute approximate surface area is 132 Å². The van der Waals surface area contributed by atoms with Crippen LogP contribution in [0, 0.1) is 0 Å². The summed E-state index contributed by atoms with van der Waals surface area (Å²) in [6, 6.07) is 5.46. The van der Waals surface area contributed by atoms with Gasteiger partial charge in [-0.25, -0.2) is 4.98 Å². The monoisotopic (exact) mass is 402 g/mol. The molecule has 1 aromatic heterocycles. The molecule has 1 N–H and O–H groups in total. The second kappa shape index (κ2) is 6.51. The summed E-state index contributed by atoms with van der Waals surface area (Å²) in [6.07, 6.45) is 0. The lowest BCUT2D eigenvalue weighted by Crippen LogP contribution is -2.14. The standard InChI is InChI=1S/C13H12Br2N2O3/c1-19-6-9-11(15)13(18)17-12(16-9)7-3-4-10(20-2)8(14)5-7/h3-5H,6H2,1-2H3,(H,16,17,18). The van der Waals surface area contributed by atoms with Crippen LogP contribution in [-0.2, 0) is 11.3 Å². The summed E-state index contributed by atoms with van der Waals surface area (Å²) >= 11 is 6.62. The van der Waals surface area contributed by atoms with Crippen LogP contribution in [0.4, 0.5) is 0 Å². The second-order valence-corrected chi connectivity index (χ2v) is 5.60. The molecule has 7 heteroatoms. The highest BCUT2D eigenvalue weighted by Crippen LogP contribution is 2.29. The third-order valence-corrected chi connectivity index (χ3v) is 4.08. The number of methoxy groups -OCH3 is 2. The molecule has 2 rings (SSSR count). The second-order valence-electron chi connectivity index (χ2n) is 3.96. The topological polar surface area (TPSA) is 64.2 Å². The van der Waals surface area contributed by atoms with Gasteiger partial charge in [-0.2, -0.15) is 0 Å². The molecule has 1 aromatic carbocycles. The number of aromatic nitrogens is 2. The van der Waals surface area contributed by atoms with E-state index in [1.54, 1.807) is 20.3 Å². The first kappa shape index (κ1) is 15.2. The Kier molecular flexibility index (Phi) is 4.95. The van der Waals surface area contributed by atoms with Gasteiger partial charge in [0.05, 0.1) is 23.9 Å². The third kappa shape index (κ3) is 3.11. The average Bonchev–Trinajstić information content (AvgIpc) is 2.43. The fourth-order valence-corrected chi connectivity index (χ4v) is 2.53. The molecule has 0 aliphatic heterocycles. The van der Waals surface area contributed by atoms with Gasteiger partial charge in [-0.3, -0.25) is 4.79 Å². The number of aromatic amines is 1. The molecule has 0 saturated carbocycles. The lowest BCUT2D eigenvalue weighted by atomic mass is 10.2. The molecule has 0 aliphatic carbocycles. The molecular formula is C13H12Br2N2O3. The Morgan fingerprint density at radius 2 is 2.05 bits per heavy atom. The Balaban J connectivity index is 2.52. The first-order chi connectivity index (χ1) is 9.56. The smallest absolute Gasteiger partial charge is 0.265 e. The zero-order valence-electron chi connectivity index (χ0n) is 10.9. The predicted molar refractivity (Wildman–Crippen MR) is 83.0 cm³/mol. The van der Waals surface area contributed by atoms with Crippen molar-refractivity contribution in [3.05, 3.63) is 43.2 Å². The van der Waals surface area contributed by atoms with E-state index in [-0.39, 0.29) is 12.2 Å². The van der Waals surface area contributed by atoms with Crippen molar-refractivity contribution in [2.75, 3.05) is 14.2 Å². The Morgan fingerprint density at radius 3 is 2.65 bits per heavy atom. The molecule has 106 valence electrons. The summed E-state index contributed by atoms with van der Waals surface area (Å²) in [4.78, 5) is 19.0. The number of hydrogen-bond acceptors (Lipinski definition) is 4. The van der Waals surface area contributed by atoms with Crippen molar-refractivity contribution in [3.8, 4) is 17.1 Å². The molecule has 0 saturated heterocycles. The highest BCUT2D eigenvalue weighted by molar-refractivity contribution is 9.10. The molecule has 0 atom stereocenters. The normalized spacial score (nSPS) is 10.6. The van der Waals surface area contributed by atoms with Gasteiger partial charge in [-0.15, -0.1) is 0 Å². The minimum absolute atomic E-state index is 0.242. The average molecular weight is 404 g/mol. The fraction of sp³-hybridized carbons (Fsp3) is 0.231. The fourth-order valence-electron chi connectivity index (χ4n) is 1.69. The van der Waals surface area contributed by atoms with Gasteiger partial charge in [0.15, 0.2) is 0 Å². The van der Waals surface area contributed by atoms with E-state index in [1.165, 1.54) is 0 Å². The van der Waals surface area contributed by atoms with Crippen LogP contribution in [0.15, 0.2) is 31.9 Å². The van der Waals surface area contributed by atoms with Gasteiger partial charge < -0.3 is 14.5 Å². The van der Waals surface area contributed by atoms with E-state index in [2.05, 4.69) is 41.8 Å². The minimum atomic E-state index is -0.242. The van der Waals surface area contributed by atoms with Gasteiger partial charge in [-0.1, -0.05) is 0 Å². The van der Waals surface area contributed by atoms with Gasteiger partial charge >= 0.3 is 0 Å². The van der Waals surface area contributed by atoms with E-state index in [0.29, 0.717) is 21.7 Å². The summed E-state index contributed by atoms with van der Waals surface area (Å²) in [7, 11) is 3.15. The van der Waals surface area contributed by atoms with Gasteiger partial charge in [0.2, 0.25) is 0 Å². The van der Waals surface area contributed by atoms with Crippen LogP contribution in [0.25, 0.3) is 11.4 Å². The molecule has 0 spiro atoms. The molecule has 1 heterocycles. The minimum Gasteiger partial charge on any atom is -0.496 e. The summed E-state index contributed by atoms with van der Waals surface area (Å²) in [5, 5.41) is 0. The maximum absolute atomic E-state index is 11.9. The summed E-state index contributed by atoms with van der Waals surface area (Å²) in [5.41, 5.74) is 1.09. The number of halogens is 2. The van der Waals surface area contributed by atoms with Crippen LogP contribution in [0.5, 0.6) is 5.75 Å². The third-order valence-electron chi connectivity index (χ3n) is 2.64. The largest absolute Gasteiger partial charge is 0.496 e. The SMILES string of the molecule is COCc1nc(-c2ccc(OC)c(Br)c2)[nH]c(=O)c1Br. The van der Waals surface area contributed by atoms with Crippen LogP contribution < -0.4 is 10.3 Å². The molecule has 20 heavy (non-hydrogen) atoms. The quantitative estimate of drug-likeness (QED) is 0.851. The van der Waals surface area contributed by atoms with Crippen molar-refractivity contribution < 1.29 is 9.47 Å². The maximum atomic E-state index is 11.9. The molecule has 0 aliphatic rings. The van der Waals surface area contributed by atoms with Gasteiger partial charge in [0, 0.05) is 12.7 Å². The summed E-state index contributed by atoms with van der Waals surface area (Å²) in [5.74, 6) is 1.19. The van der Waals surface area contributed by atoms with Crippen LogP contribution in [0.2, 0.25) is 0 Å². The number of ether oxygens (including phenoxy) is 2. The van der Waals surface area contributed by atoms with E-state index < -0.39 is 0 Å². The van der Waals surface area contributed by atoms with Crippen molar-refractivity contribution in [1.82, 2.24) is 9.97 Å². The van der Waals surface area contributed by atoms with Gasteiger partial charge in [0.25, 0.3) is 5.56 Å². The van der Waals surface area contributed by atoms with Crippen molar-refractivity contribution in [3.63, 3.8) is 0 Å². The number of benzene rings is 1. The van der Waals surface area contributed by atoms with Crippen LogP contribution in [0.3, 0.4) is 0 Å². The number of nitrogens with one attached hydrogen (secondary N) is 1. The lowest BCUT2D eigenvalue weighted by molar-refractivity contribution is 0.180. The predicted octanol–water partition coefficient (Wildman–Crippen LogP) is 3.12. The number of nitrogens with zero attached hydrogens (tertiary/aromatic N) is 1. The van der Waals surface area contributed by atoms with Crippen LogP contribution >= 0.6 is 31.9 Å². The van der Waals surface area contributed by atoms with E-state index in [9.17, 15) is 4.79 Å². The maximum Gasteiger partial charge on any atom is 0.265 e. The van der Waals surface area contributed by atoms with Crippen LogP contribution in [-0.4, -0.2) is 24.2 Å². The van der Waals surface area contributed by atoms with E-state index in [4.69, 9.17) is 9.47 Å². The molecule has 0 radical (unpaired) electrons. The van der Waals surface area contributed by atoms with Crippen molar-refractivity contribution >= 4 is 31.9 Å². The number of H-pyrrole nitrogens is 1. The summed E-state index contributed by atoms with van der Waals surface area (Å²) < 4.78 is 11.4. The van der Waals surface area contributed by atoms with E-state index in [1.807, 2.05) is 12.1 Å². The van der Waals surface area contributed by atoms with Crippen molar-refractivity contribution in [2.45, 2.75) is 6.61 Å². The Hall–Kier alpha value is -1.18. The molecule has 0 bridgehead atoms. The molecule has 0 unspecified atom stereocenters. The Bertz CT molecular complexity index is 686. The summed E-state index contributed by atoms with van der Waals surface area (Å²) in [6.45, 7) is 0.259. The van der Waals surface area contributed by atoms with Gasteiger partial charge in [0.1, 0.15) is 16.0 Å². The molecule has 5 nitrogen and oxygen atoms in total. The molecular weight excluding hydrogens is 392 g/mol. The van der Waals surface area contributed by atoms with Crippen molar-refractivity contribution in [2.24, 2.45) is 0 Å².